The Labute approximate surface area is 307 Å². The maximum absolute atomic E-state index is 2.71. The number of rotatable bonds is 20. The molecule has 4 aromatic rings. The quantitative estimate of drug-likeness (QED) is 0.0822. The Morgan fingerprint density at radius 1 is 0.500 bits per heavy atom. The molecule has 0 heteroatoms. The summed E-state index contributed by atoms with van der Waals surface area (Å²) in [6, 6.07) is 37.9. The molecule has 3 unspecified atom stereocenters. The summed E-state index contributed by atoms with van der Waals surface area (Å²) in [5, 5.41) is 0. The molecule has 0 bridgehead atoms. The van der Waals surface area contributed by atoms with E-state index in [2.05, 4.69) is 146 Å². The van der Waals surface area contributed by atoms with Crippen LogP contribution in [0.2, 0.25) is 0 Å². The first kappa shape index (κ1) is 38.1. The minimum Gasteiger partial charge on any atom is -0.0654 e. The third kappa shape index (κ3) is 7.71. The predicted octanol–water partition coefficient (Wildman–Crippen LogP) is 15.1. The van der Waals surface area contributed by atoms with E-state index < -0.39 is 0 Å². The Hall–Kier alpha value is -3.12. The van der Waals surface area contributed by atoms with Gasteiger partial charge in [0.25, 0.3) is 0 Å². The van der Waals surface area contributed by atoms with E-state index in [9.17, 15) is 0 Å². The first-order valence-corrected chi connectivity index (χ1v) is 20.7. The van der Waals surface area contributed by atoms with Crippen molar-refractivity contribution >= 4 is 0 Å². The molecular formula is C50H68. The molecule has 0 amide bonds. The van der Waals surface area contributed by atoms with Crippen LogP contribution in [0.15, 0.2) is 97.1 Å². The van der Waals surface area contributed by atoms with Crippen LogP contribution in [0.3, 0.4) is 0 Å². The van der Waals surface area contributed by atoms with Crippen LogP contribution in [0.5, 0.6) is 0 Å². The molecular weight excluding hydrogens is 601 g/mol. The van der Waals surface area contributed by atoms with E-state index in [1.807, 2.05) is 0 Å². The van der Waals surface area contributed by atoms with Crippen LogP contribution in [-0.4, -0.2) is 0 Å². The molecule has 1 aliphatic rings. The Balaban J connectivity index is 1.69. The highest BCUT2D eigenvalue weighted by Crippen LogP contribution is 2.59. The van der Waals surface area contributed by atoms with Gasteiger partial charge in [-0.1, -0.05) is 223 Å². The van der Waals surface area contributed by atoms with Crippen molar-refractivity contribution in [3.63, 3.8) is 0 Å². The highest BCUT2D eigenvalue weighted by atomic mass is 14.5. The lowest BCUT2D eigenvalue weighted by molar-refractivity contribution is 0.263. The topological polar surface area (TPSA) is 0 Å². The Morgan fingerprint density at radius 2 is 1.00 bits per heavy atom. The summed E-state index contributed by atoms with van der Waals surface area (Å²) >= 11 is 0. The maximum atomic E-state index is 2.71. The summed E-state index contributed by atoms with van der Waals surface area (Å²) < 4.78 is 0. The van der Waals surface area contributed by atoms with Gasteiger partial charge in [0.15, 0.2) is 0 Å². The van der Waals surface area contributed by atoms with Crippen LogP contribution >= 0.6 is 0 Å². The summed E-state index contributed by atoms with van der Waals surface area (Å²) in [6.45, 7) is 16.9. The van der Waals surface area contributed by atoms with E-state index in [1.165, 1.54) is 123 Å². The SMILES string of the molecule is CCCCCCCCC1(C(CC)CCCCCCC)c2cc(C(C)(C)c3ccccc3)ccc2-c2ccc(C(C)(CC)c3ccccc3)cc21. The van der Waals surface area contributed by atoms with E-state index >= 15 is 0 Å². The van der Waals surface area contributed by atoms with Gasteiger partial charge in [-0.15, -0.1) is 0 Å². The van der Waals surface area contributed by atoms with Crippen molar-refractivity contribution in [3.8, 4) is 11.1 Å². The fourth-order valence-electron chi connectivity index (χ4n) is 9.47. The van der Waals surface area contributed by atoms with Crippen molar-refractivity contribution in [1.29, 1.82) is 0 Å². The highest BCUT2D eigenvalue weighted by molar-refractivity contribution is 5.82. The van der Waals surface area contributed by atoms with Crippen LogP contribution in [0, 0.1) is 5.92 Å². The van der Waals surface area contributed by atoms with Gasteiger partial charge >= 0.3 is 0 Å². The molecule has 0 nitrogen and oxygen atoms in total. The zero-order valence-corrected chi connectivity index (χ0v) is 32.9. The second-order valence-corrected chi connectivity index (χ2v) is 16.4. The van der Waals surface area contributed by atoms with E-state index in [0.717, 1.165) is 6.42 Å². The monoisotopic (exact) mass is 669 g/mol. The molecule has 4 aromatic carbocycles. The van der Waals surface area contributed by atoms with Crippen LogP contribution in [0.4, 0.5) is 0 Å². The fourth-order valence-corrected chi connectivity index (χ4v) is 9.47. The van der Waals surface area contributed by atoms with Crippen molar-refractivity contribution < 1.29 is 0 Å². The van der Waals surface area contributed by atoms with E-state index in [1.54, 1.807) is 11.1 Å². The Kier molecular flexibility index (Phi) is 13.3. The molecule has 1 aliphatic carbocycles. The largest absolute Gasteiger partial charge is 0.0654 e. The van der Waals surface area contributed by atoms with Crippen LogP contribution in [-0.2, 0) is 16.2 Å². The van der Waals surface area contributed by atoms with Gasteiger partial charge in [-0.25, -0.2) is 0 Å². The number of hydrogen-bond acceptors (Lipinski definition) is 0. The van der Waals surface area contributed by atoms with Crippen molar-refractivity contribution in [3.05, 3.63) is 130 Å². The second kappa shape index (κ2) is 17.4. The molecule has 0 heterocycles. The number of benzene rings is 4. The second-order valence-electron chi connectivity index (χ2n) is 16.4. The van der Waals surface area contributed by atoms with E-state index in [4.69, 9.17) is 0 Å². The fraction of sp³-hybridized carbons (Fsp3) is 0.520. The van der Waals surface area contributed by atoms with Crippen molar-refractivity contribution in [2.24, 2.45) is 5.92 Å². The molecule has 0 aliphatic heterocycles. The Bertz CT molecular complexity index is 1610. The third-order valence-corrected chi connectivity index (χ3v) is 13.0. The normalized spacial score (nSPS) is 17.3. The lowest BCUT2D eigenvalue weighted by Crippen LogP contribution is -2.36. The van der Waals surface area contributed by atoms with Gasteiger partial charge in [0.05, 0.1) is 0 Å². The number of unbranched alkanes of at least 4 members (excludes halogenated alkanes) is 9. The number of hydrogen-bond donors (Lipinski definition) is 0. The molecule has 0 N–H and O–H groups in total. The lowest BCUT2D eigenvalue weighted by atomic mass is 9.61. The van der Waals surface area contributed by atoms with E-state index in [-0.39, 0.29) is 16.2 Å². The summed E-state index contributed by atoms with van der Waals surface area (Å²) in [6.07, 6.45) is 19.7. The predicted molar refractivity (Wildman–Crippen MR) is 220 cm³/mol. The van der Waals surface area contributed by atoms with Gasteiger partial charge in [-0.05, 0) is 69.7 Å². The van der Waals surface area contributed by atoms with Crippen LogP contribution in [0.1, 0.15) is 178 Å². The average Bonchev–Trinajstić information content (AvgIpc) is 3.43. The minimum absolute atomic E-state index is 0.0268. The number of fused-ring (bicyclic) bond motifs is 3. The van der Waals surface area contributed by atoms with Gasteiger partial charge in [-0.2, -0.15) is 0 Å². The first-order chi connectivity index (χ1) is 24.3. The molecule has 0 spiro atoms. The summed E-state index contributed by atoms with van der Waals surface area (Å²) in [4.78, 5) is 0. The zero-order valence-electron chi connectivity index (χ0n) is 32.9. The molecule has 268 valence electrons. The average molecular weight is 669 g/mol. The van der Waals surface area contributed by atoms with Gasteiger partial charge in [0.1, 0.15) is 0 Å². The minimum atomic E-state index is -0.0714. The van der Waals surface area contributed by atoms with Gasteiger partial charge in [0, 0.05) is 16.2 Å². The lowest BCUT2D eigenvalue weighted by Gasteiger charge is -2.42. The molecule has 0 radical (unpaired) electrons. The summed E-state index contributed by atoms with van der Waals surface area (Å²) in [7, 11) is 0. The van der Waals surface area contributed by atoms with E-state index in [0.29, 0.717) is 5.92 Å². The van der Waals surface area contributed by atoms with Gasteiger partial charge < -0.3 is 0 Å². The van der Waals surface area contributed by atoms with Gasteiger partial charge in [-0.3, -0.25) is 0 Å². The Morgan fingerprint density at radius 3 is 1.56 bits per heavy atom. The first-order valence-electron chi connectivity index (χ1n) is 20.7. The molecule has 0 saturated carbocycles. The third-order valence-electron chi connectivity index (χ3n) is 13.0. The highest BCUT2D eigenvalue weighted by Gasteiger charge is 2.48. The van der Waals surface area contributed by atoms with Crippen molar-refractivity contribution in [2.75, 3.05) is 0 Å². The van der Waals surface area contributed by atoms with Crippen LogP contribution < -0.4 is 0 Å². The molecule has 3 atom stereocenters. The smallest absolute Gasteiger partial charge is 0.0243 e. The zero-order chi connectivity index (χ0) is 35.6. The standard InChI is InChI=1S/C50H68/c1-8-12-14-16-18-26-36-50(39(10-3)27-21-17-15-13-9-2)46-37-42(48(5,6)40-28-22-19-23-29-40)32-34-44(46)45-35-33-43(38-47(45)50)49(7,11-4)41-30-24-20-25-31-41/h19-20,22-25,28-35,37-39H,8-18,21,26-27,36H2,1-7H3. The summed E-state index contributed by atoms with van der Waals surface area (Å²) in [5.74, 6) is 0.620. The molecule has 0 aromatic heterocycles. The maximum Gasteiger partial charge on any atom is 0.0243 e. The van der Waals surface area contributed by atoms with Crippen molar-refractivity contribution in [1.82, 2.24) is 0 Å². The molecule has 0 saturated heterocycles. The summed E-state index contributed by atoms with van der Waals surface area (Å²) in [5.41, 5.74) is 11.9. The molecule has 50 heavy (non-hydrogen) atoms. The van der Waals surface area contributed by atoms with Gasteiger partial charge in [0.2, 0.25) is 0 Å². The van der Waals surface area contributed by atoms with Crippen LogP contribution in [0.25, 0.3) is 11.1 Å². The molecule has 5 rings (SSSR count). The van der Waals surface area contributed by atoms with Crippen molar-refractivity contribution in [2.45, 2.75) is 161 Å². The molecule has 0 fully saturated rings.